The molecule has 0 heterocycles. The van der Waals surface area contributed by atoms with Gasteiger partial charge in [-0.1, -0.05) is 0 Å². The van der Waals surface area contributed by atoms with E-state index in [-0.39, 0.29) is 10.6 Å². The summed E-state index contributed by atoms with van der Waals surface area (Å²) in [7, 11) is -3.85. The van der Waals surface area contributed by atoms with E-state index in [0.29, 0.717) is 11.1 Å². The zero-order chi connectivity index (χ0) is 14.8. The minimum Gasteiger partial charge on any atom is -0.493 e. The smallest absolute Gasteiger partial charge is 0.392 e. The molecule has 0 unspecified atom stereocenters. The monoisotopic (exact) mass is 297 g/mol. The first kappa shape index (κ1) is 15.8. The zero-order valence-electron chi connectivity index (χ0n) is 10.4. The van der Waals surface area contributed by atoms with Crippen LogP contribution in [0.1, 0.15) is 17.5 Å². The Morgan fingerprint density at radius 2 is 1.79 bits per heavy atom. The number of primary sulfonamides is 1. The Morgan fingerprint density at radius 1 is 1.21 bits per heavy atom. The molecule has 0 spiro atoms. The minimum absolute atomic E-state index is 0.0619. The zero-order valence-corrected chi connectivity index (χ0v) is 11.2. The second kappa shape index (κ2) is 5.38. The maximum absolute atomic E-state index is 12.0. The van der Waals surface area contributed by atoms with Crippen LogP contribution in [0, 0.1) is 13.8 Å². The van der Waals surface area contributed by atoms with Gasteiger partial charge in [-0.05, 0) is 37.1 Å². The number of hydrogen-bond acceptors (Lipinski definition) is 3. The molecular formula is C11H14F3NO3S. The van der Waals surface area contributed by atoms with Crippen molar-refractivity contribution >= 4 is 10.0 Å². The molecule has 1 aromatic rings. The maximum Gasteiger partial charge on any atom is 0.392 e. The van der Waals surface area contributed by atoms with Gasteiger partial charge in [-0.25, -0.2) is 13.6 Å². The predicted molar refractivity (Wildman–Crippen MR) is 63.5 cm³/mol. The largest absolute Gasteiger partial charge is 0.493 e. The molecule has 0 atom stereocenters. The van der Waals surface area contributed by atoms with Crippen molar-refractivity contribution in [3.63, 3.8) is 0 Å². The van der Waals surface area contributed by atoms with Crippen LogP contribution < -0.4 is 9.88 Å². The Balaban J connectivity index is 2.92. The average molecular weight is 297 g/mol. The highest BCUT2D eigenvalue weighted by Crippen LogP contribution is 2.27. The van der Waals surface area contributed by atoms with Gasteiger partial charge >= 0.3 is 6.18 Å². The fourth-order valence-corrected chi connectivity index (χ4v) is 2.35. The van der Waals surface area contributed by atoms with Gasteiger partial charge < -0.3 is 4.74 Å². The topological polar surface area (TPSA) is 69.4 Å². The van der Waals surface area contributed by atoms with E-state index in [1.54, 1.807) is 6.92 Å². The van der Waals surface area contributed by atoms with Crippen molar-refractivity contribution in [2.75, 3.05) is 6.61 Å². The molecule has 2 N–H and O–H groups in total. The highest BCUT2D eigenvalue weighted by atomic mass is 32.2. The van der Waals surface area contributed by atoms with Crippen LogP contribution in [0.4, 0.5) is 13.2 Å². The van der Waals surface area contributed by atoms with Crippen molar-refractivity contribution in [1.82, 2.24) is 0 Å². The predicted octanol–water partition coefficient (Wildman–Crippen LogP) is 2.28. The summed E-state index contributed by atoms with van der Waals surface area (Å²) in [6.07, 6.45) is -5.36. The van der Waals surface area contributed by atoms with Gasteiger partial charge in [-0.2, -0.15) is 13.2 Å². The van der Waals surface area contributed by atoms with Gasteiger partial charge in [-0.3, -0.25) is 0 Å². The summed E-state index contributed by atoms with van der Waals surface area (Å²) < 4.78 is 63.5. The van der Waals surface area contributed by atoms with Gasteiger partial charge in [0, 0.05) is 0 Å². The van der Waals surface area contributed by atoms with Gasteiger partial charge in [-0.15, -0.1) is 0 Å². The van der Waals surface area contributed by atoms with E-state index < -0.39 is 29.2 Å². The minimum atomic E-state index is -4.29. The molecule has 0 aliphatic heterocycles. The van der Waals surface area contributed by atoms with Crippen molar-refractivity contribution in [1.29, 1.82) is 0 Å². The Bertz CT molecular complexity index is 567. The standard InChI is InChI=1S/C11H14F3NO3S/c1-7-8(2)10(19(15,16)17)4-3-9(7)18-6-5-11(12,13)14/h3-4H,5-6H2,1-2H3,(H2,15,16,17). The van der Waals surface area contributed by atoms with Crippen LogP contribution in [0.15, 0.2) is 17.0 Å². The Hall–Kier alpha value is -1.28. The van der Waals surface area contributed by atoms with Crippen LogP contribution in [0.25, 0.3) is 0 Å². The summed E-state index contributed by atoms with van der Waals surface area (Å²) >= 11 is 0. The highest BCUT2D eigenvalue weighted by molar-refractivity contribution is 7.89. The fourth-order valence-electron chi connectivity index (χ4n) is 1.51. The van der Waals surface area contributed by atoms with E-state index in [0.717, 1.165) is 0 Å². The first-order chi connectivity index (χ1) is 8.52. The Morgan fingerprint density at radius 3 is 2.26 bits per heavy atom. The summed E-state index contributed by atoms with van der Waals surface area (Å²) in [6, 6.07) is 2.53. The summed E-state index contributed by atoms with van der Waals surface area (Å²) in [5.74, 6) is 0.217. The SMILES string of the molecule is Cc1c(OCCC(F)(F)F)ccc(S(N)(=O)=O)c1C. The number of nitrogens with two attached hydrogens (primary N) is 1. The number of halogens is 3. The van der Waals surface area contributed by atoms with Crippen molar-refractivity contribution in [2.45, 2.75) is 31.3 Å². The molecule has 0 saturated carbocycles. The normalized spacial score (nSPS) is 12.5. The maximum atomic E-state index is 12.0. The lowest BCUT2D eigenvalue weighted by molar-refractivity contribution is -0.139. The molecule has 108 valence electrons. The molecule has 0 radical (unpaired) electrons. The van der Waals surface area contributed by atoms with Crippen molar-refractivity contribution in [3.8, 4) is 5.75 Å². The van der Waals surface area contributed by atoms with Gasteiger partial charge in [0.1, 0.15) is 5.75 Å². The van der Waals surface area contributed by atoms with Crippen LogP contribution in [-0.2, 0) is 10.0 Å². The first-order valence-corrected chi connectivity index (χ1v) is 6.89. The molecular weight excluding hydrogens is 283 g/mol. The van der Waals surface area contributed by atoms with Crippen LogP contribution in [0.3, 0.4) is 0 Å². The molecule has 0 saturated heterocycles. The Kier molecular flexibility index (Phi) is 4.46. The lowest BCUT2D eigenvalue weighted by Crippen LogP contribution is -2.15. The molecule has 0 fully saturated rings. The molecule has 0 aliphatic carbocycles. The van der Waals surface area contributed by atoms with Gasteiger partial charge in [0.05, 0.1) is 17.9 Å². The summed E-state index contributed by atoms with van der Waals surface area (Å²) in [6.45, 7) is 2.57. The van der Waals surface area contributed by atoms with Crippen LogP contribution in [0.5, 0.6) is 5.75 Å². The molecule has 1 aromatic carbocycles. The molecule has 0 aromatic heterocycles. The third-order valence-electron chi connectivity index (χ3n) is 2.64. The average Bonchev–Trinajstić information content (AvgIpc) is 2.20. The van der Waals surface area contributed by atoms with E-state index in [1.807, 2.05) is 0 Å². The van der Waals surface area contributed by atoms with Gasteiger partial charge in [0.25, 0.3) is 0 Å². The molecule has 0 aliphatic rings. The van der Waals surface area contributed by atoms with Crippen LogP contribution >= 0.6 is 0 Å². The molecule has 19 heavy (non-hydrogen) atoms. The molecule has 0 bridgehead atoms. The van der Waals surface area contributed by atoms with Gasteiger partial charge in [0.15, 0.2) is 0 Å². The highest BCUT2D eigenvalue weighted by Gasteiger charge is 2.27. The molecule has 4 nitrogen and oxygen atoms in total. The lowest BCUT2D eigenvalue weighted by atomic mass is 10.1. The third kappa shape index (κ3) is 4.39. The number of rotatable bonds is 4. The number of benzene rings is 1. The Labute approximate surface area is 109 Å². The van der Waals surface area contributed by atoms with Crippen molar-refractivity contribution in [2.24, 2.45) is 5.14 Å². The van der Waals surface area contributed by atoms with Crippen LogP contribution in [0.2, 0.25) is 0 Å². The molecule has 1 rings (SSSR count). The number of hydrogen-bond donors (Lipinski definition) is 1. The molecule has 0 amide bonds. The fraction of sp³-hybridized carbons (Fsp3) is 0.455. The lowest BCUT2D eigenvalue weighted by Gasteiger charge is -2.14. The quantitative estimate of drug-likeness (QED) is 0.927. The first-order valence-electron chi connectivity index (χ1n) is 5.35. The molecule has 8 heteroatoms. The van der Waals surface area contributed by atoms with E-state index >= 15 is 0 Å². The number of ether oxygens (including phenoxy) is 1. The van der Waals surface area contributed by atoms with Crippen molar-refractivity contribution < 1.29 is 26.3 Å². The van der Waals surface area contributed by atoms with E-state index in [9.17, 15) is 21.6 Å². The second-order valence-electron chi connectivity index (χ2n) is 4.07. The van der Waals surface area contributed by atoms with E-state index in [4.69, 9.17) is 9.88 Å². The number of sulfonamides is 1. The second-order valence-corrected chi connectivity index (χ2v) is 5.60. The number of alkyl halides is 3. The summed E-state index contributed by atoms with van der Waals surface area (Å²) in [5, 5.41) is 5.02. The van der Waals surface area contributed by atoms with E-state index in [2.05, 4.69) is 0 Å². The summed E-state index contributed by atoms with van der Waals surface area (Å²) in [5.41, 5.74) is 0.820. The summed E-state index contributed by atoms with van der Waals surface area (Å²) in [4.78, 5) is -0.0619. The van der Waals surface area contributed by atoms with Crippen molar-refractivity contribution in [3.05, 3.63) is 23.3 Å². The van der Waals surface area contributed by atoms with Crippen LogP contribution in [-0.4, -0.2) is 21.2 Å². The van der Waals surface area contributed by atoms with E-state index in [1.165, 1.54) is 19.1 Å². The third-order valence-corrected chi connectivity index (χ3v) is 3.69. The van der Waals surface area contributed by atoms with Gasteiger partial charge in [0.2, 0.25) is 10.0 Å².